The fourth-order valence-electron chi connectivity index (χ4n) is 1.16. The van der Waals surface area contributed by atoms with Crippen LogP contribution in [0.15, 0.2) is 0 Å². The maximum Gasteiger partial charge on any atom is 0.324 e. The summed E-state index contributed by atoms with van der Waals surface area (Å²) in [6.07, 6.45) is 1.88. The number of hydrogen-bond donors (Lipinski definition) is 1. The van der Waals surface area contributed by atoms with Gasteiger partial charge in [0.1, 0.15) is 6.04 Å². The second-order valence-corrected chi connectivity index (χ2v) is 6.18. The summed E-state index contributed by atoms with van der Waals surface area (Å²) in [4.78, 5) is 11.5. The molecule has 0 aliphatic carbocycles. The minimum absolute atomic E-state index is 0.311. The number of nitrogens with one attached hydrogen (secondary N) is 1. The van der Waals surface area contributed by atoms with Crippen LogP contribution in [0.1, 0.15) is 40.5 Å². The Morgan fingerprint density at radius 2 is 2.00 bits per heavy atom. The first-order chi connectivity index (χ1) is 7.32. The van der Waals surface area contributed by atoms with Crippen LogP contribution >= 0.6 is 0 Å². The molecular formula is C11H23NO3S. The molecule has 0 bridgehead atoms. The van der Waals surface area contributed by atoms with E-state index in [-0.39, 0.29) is 11.4 Å². The van der Waals surface area contributed by atoms with Gasteiger partial charge in [0.2, 0.25) is 0 Å². The van der Waals surface area contributed by atoms with Gasteiger partial charge in [-0.05, 0) is 11.8 Å². The summed E-state index contributed by atoms with van der Waals surface area (Å²) in [5, 5.41) is 0. The number of hydrogen-bond acceptors (Lipinski definition) is 3. The van der Waals surface area contributed by atoms with Gasteiger partial charge in [-0.15, -0.1) is 0 Å². The van der Waals surface area contributed by atoms with E-state index in [0.29, 0.717) is 5.75 Å². The zero-order chi connectivity index (χ0) is 12.8. The van der Waals surface area contributed by atoms with E-state index in [1.165, 1.54) is 7.11 Å². The molecule has 5 heteroatoms. The van der Waals surface area contributed by atoms with Gasteiger partial charge in [-0.1, -0.05) is 34.1 Å². The Balaban J connectivity index is 4.44. The van der Waals surface area contributed by atoms with E-state index >= 15 is 0 Å². The van der Waals surface area contributed by atoms with Crippen LogP contribution in [-0.4, -0.2) is 29.1 Å². The summed E-state index contributed by atoms with van der Waals surface area (Å²) in [5.41, 5.74) is -0.311. The van der Waals surface area contributed by atoms with E-state index in [1.807, 2.05) is 27.7 Å². The highest BCUT2D eigenvalue weighted by molar-refractivity contribution is 7.83. The third-order valence-electron chi connectivity index (χ3n) is 2.24. The number of ether oxygens (including phenoxy) is 1. The van der Waals surface area contributed by atoms with Crippen molar-refractivity contribution in [3.05, 3.63) is 0 Å². The summed E-state index contributed by atoms with van der Waals surface area (Å²) in [5.74, 6) is 0.206. The van der Waals surface area contributed by atoms with Crippen molar-refractivity contribution < 1.29 is 13.7 Å². The molecule has 0 aromatic rings. The molecule has 2 unspecified atom stereocenters. The highest BCUT2D eigenvalue weighted by Gasteiger charge is 2.33. The number of carbonyl (C=O) groups is 1. The van der Waals surface area contributed by atoms with Crippen molar-refractivity contribution in [2.24, 2.45) is 5.41 Å². The molecule has 16 heavy (non-hydrogen) atoms. The molecular weight excluding hydrogens is 226 g/mol. The molecule has 0 amide bonds. The predicted molar refractivity (Wildman–Crippen MR) is 66.3 cm³/mol. The normalized spacial score (nSPS) is 15.6. The van der Waals surface area contributed by atoms with Crippen molar-refractivity contribution in [2.75, 3.05) is 12.9 Å². The molecule has 0 aromatic heterocycles. The molecule has 96 valence electrons. The van der Waals surface area contributed by atoms with Gasteiger partial charge in [0, 0.05) is 5.75 Å². The van der Waals surface area contributed by atoms with Crippen LogP contribution in [0.2, 0.25) is 0 Å². The van der Waals surface area contributed by atoms with Gasteiger partial charge in [0.15, 0.2) is 0 Å². The Morgan fingerprint density at radius 1 is 1.44 bits per heavy atom. The Kier molecular flexibility index (Phi) is 6.83. The van der Waals surface area contributed by atoms with Crippen molar-refractivity contribution >= 4 is 17.0 Å². The molecule has 0 aromatic carbocycles. The molecule has 0 aliphatic rings. The monoisotopic (exact) mass is 249 g/mol. The van der Waals surface area contributed by atoms with Gasteiger partial charge in [-0.25, -0.2) is 8.93 Å². The second kappa shape index (κ2) is 7.01. The molecule has 0 heterocycles. The Labute approximate surface area is 101 Å². The molecule has 0 saturated heterocycles. The first-order valence-corrected chi connectivity index (χ1v) is 6.87. The van der Waals surface area contributed by atoms with Gasteiger partial charge in [-0.3, -0.25) is 4.79 Å². The lowest BCUT2D eigenvalue weighted by atomic mass is 9.87. The molecule has 0 rings (SSSR count). The lowest BCUT2D eigenvalue weighted by Gasteiger charge is -2.28. The first kappa shape index (κ1) is 15.6. The Morgan fingerprint density at radius 3 is 2.38 bits per heavy atom. The zero-order valence-corrected chi connectivity index (χ0v) is 11.6. The van der Waals surface area contributed by atoms with Gasteiger partial charge in [0.25, 0.3) is 0 Å². The van der Waals surface area contributed by atoms with Crippen molar-refractivity contribution in [1.29, 1.82) is 0 Å². The number of rotatable bonds is 6. The zero-order valence-electron chi connectivity index (χ0n) is 10.8. The largest absolute Gasteiger partial charge is 0.468 e. The maximum absolute atomic E-state index is 11.7. The van der Waals surface area contributed by atoms with Crippen molar-refractivity contribution in [1.82, 2.24) is 4.72 Å². The Hall–Kier alpha value is -0.420. The van der Waals surface area contributed by atoms with E-state index in [1.54, 1.807) is 0 Å². The van der Waals surface area contributed by atoms with Crippen molar-refractivity contribution in [3.63, 3.8) is 0 Å². The SMILES string of the molecule is CCCCS(=O)NC(C(=O)OC)C(C)(C)C. The van der Waals surface area contributed by atoms with Gasteiger partial charge >= 0.3 is 5.97 Å². The van der Waals surface area contributed by atoms with Gasteiger partial charge < -0.3 is 4.74 Å². The van der Waals surface area contributed by atoms with Crippen LogP contribution in [0.4, 0.5) is 0 Å². The standard InChI is InChI=1S/C11H23NO3S/c1-6-7-8-16(14)12-9(10(13)15-5)11(2,3)4/h9,12H,6-8H2,1-5H3. The predicted octanol–water partition coefficient (Wildman–Crippen LogP) is 1.63. The second-order valence-electron chi connectivity index (χ2n) is 4.84. The summed E-state index contributed by atoms with van der Waals surface area (Å²) in [6.45, 7) is 7.79. The van der Waals surface area contributed by atoms with E-state index in [4.69, 9.17) is 4.74 Å². The lowest BCUT2D eigenvalue weighted by Crippen LogP contribution is -2.48. The maximum atomic E-state index is 11.7. The molecule has 0 aliphatic heterocycles. The summed E-state index contributed by atoms with van der Waals surface area (Å²) in [6, 6.07) is -0.532. The van der Waals surface area contributed by atoms with E-state index in [2.05, 4.69) is 4.72 Å². The van der Waals surface area contributed by atoms with Crippen molar-refractivity contribution in [2.45, 2.75) is 46.6 Å². The molecule has 0 radical (unpaired) electrons. The van der Waals surface area contributed by atoms with Crippen LogP contribution in [0.3, 0.4) is 0 Å². The van der Waals surface area contributed by atoms with Crippen LogP contribution in [-0.2, 0) is 20.5 Å². The molecule has 0 spiro atoms. The van der Waals surface area contributed by atoms with E-state index in [0.717, 1.165) is 12.8 Å². The highest BCUT2D eigenvalue weighted by atomic mass is 32.2. The fourth-order valence-corrected chi connectivity index (χ4v) is 2.54. The van der Waals surface area contributed by atoms with Gasteiger partial charge in [-0.2, -0.15) is 0 Å². The van der Waals surface area contributed by atoms with Crippen LogP contribution in [0, 0.1) is 5.41 Å². The van der Waals surface area contributed by atoms with Crippen LogP contribution in [0.5, 0.6) is 0 Å². The van der Waals surface area contributed by atoms with Gasteiger partial charge in [0.05, 0.1) is 18.1 Å². The average Bonchev–Trinajstić information content (AvgIpc) is 2.20. The average molecular weight is 249 g/mol. The summed E-state index contributed by atoms with van der Waals surface area (Å²) >= 11 is 0. The summed E-state index contributed by atoms with van der Waals surface area (Å²) < 4.78 is 19.2. The molecule has 0 saturated carbocycles. The van der Waals surface area contributed by atoms with Crippen LogP contribution < -0.4 is 4.72 Å². The van der Waals surface area contributed by atoms with Crippen LogP contribution in [0.25, 0.3) is 0 Å². The minimum atomic E-state index is -1.17. The molecule has 0 fully saturated rings. The third-order valence-corrected chi connectivity index (χ3v) is 3.39. The van der Waals surface area contributed by atoms with Crippen molar-refractivity contribution in [3.8, 4) is 0 Å². The third kappa shape index (κ3) is 5.61. The topological polar surface area (TPSA) is 55.4 Å². The summed E-state index contributed by atoms with van der Waals surface area (Å²) in [7, 11) is 0.175. The Bertz CT molecular complexity index is 248. The number of esters is 1. The minimum Gasteiger partial charge on any atom is -0.468 e. The molecule has 1 N–H and O–H groups in total. The number of methoxy groups -OCH3 is 1. The molecule has 2 atom stereocenters. The molecule has 4 nitrogen and oxygen atoms in total. The fraction of sp³-hybridized carbons (Fsp3) is 0.909. The first-order valence-electron chi connectivity index (χ1n) is 5.55. The number of carbonyl (C=O) groups excluding carboxylic acids is 1. The lowest BCUT2D eigenvalue weighted by molar-refractivity contribution is -0.145. The highest BCUT2D eigenvalue weighted by Crippen LogP contribution is 2.20. The van der Waals surface area contributed by atoms with E-state index < -0.39 is 17.0 Å². The van der Waals surface area contributed by atoms with E-state index in [9.17, 15) is 9.00 Å². The smallest absolute Gasteiger partial charge is 0.324 e. The number of unbranched alkanes of at least 4 members (excludes halogenated alkanes) is 1. The quantitative estimate of drug-likeness (QED) is 0.728.